The predicted octanol–water partition coefficient (Wildman–Crippen LogP) is 2.48. The zero-order chi connectivity index (χ0) is 17.5. The SMILES string of the molecule is O=C(COc1ccc(Cl)cc1[N+](=O)[O-])N/N=C\c1ccc(O)cc1. The first-order valence-electron chi connectivity index (χ1n) is 6.63. The van der Waals surface area contributed by atoms with Gasteiger partial charge >= 0.3 is 5.69 Å². The Labute approximate surface area is 141 Å². The Balaban J connectivity index is 1.89. The van der Waals surface area contributed by atoms with Crippen molar-refractivity contribution in [2.24, 2.45) is 5.10 Å². The van der Waals surface area contributed by atoms with Crippen LogP contribution in [0.15, 0.2) is 47.6 Å². The lowest BCUT2D eigenvalue weighted by Gasteiger charge is -2.05. The van der Waals surface area contributed by atoms with Crippen LogP contribution in [-0.2, 0) is 4.79 Å². The minimum Gasteiger partial charge on any atom is -0.508 e. The number of rotatable bonds is 6. The maximum Gasteiger partial charge on any atom is 0.312 e. The second-order valence-corrected chi connectivity index (χ2v) is 4.98. The maximum atomic E-state index is 11.6. The fourth-order valence-electron chi connectivity index (χ4n) is 1.67. The summed E-state index contributed by atoms with van der Waals surface area (Å²) in [4.78, 5) is 21.9. The van der Waals surface area contributed by atoms with Crippen molar-refractivity contribution in [2.75, 3.05) is 6.61 Å². The molecule has 0 heterocycles. The molecule has 124 valence electrons. The van der Waals surface area contributed by atoms with Crippen LogP contribution in [0.2, 0.25) is 5.02 Å². The third kappa shape index (κ3) is 4.96. The highest BCUT2D eigenvalue weighted by atomic mass is 35.5. The van der Waals surface area contributed by atoms with Gasteiger partial charge in [0.25, 0.3) is 5.91 Å². The van der Waals surface area contributed by atoms with E-state index in [1.54, 1.807) is 12.1 Å². The number of carbonyl (C=O) groups excluding carboxylic acids is 1. The maximum absolute atomic E-state index is 11.6. The van der Waals surface area contributed by atoms with Crippen molar-refractivity contribution in [1.82, 2.24) is 5.43 Å². The van der Waals surface area contributed by atoms with Crippen molar-refractivity contribution in [3.8, 4) is 11.5 Å². The zero-order valence-electron chi connectivity index (χ0n) is 12.2. The van der Waals surface area contributed by atoms with Crippen molar-refractivity contribution in [1.29, 1.82) is 0 Å². The Morgan fingerprint density at radius 3 is 2.71 bits per heavy atom. The molecule has 1 amide bonds. The molecule has 0 aliphatic heterocycles. The fourth-order valence-corrected chi connectivity index (χ4v) is 1.84. The second-order valence-electron chi connectivity index (χ2n) is 4.54. The van der Waals surface area contributed by atoms with Crippen molar-refractivity contribution in [3.05, 3.63) is 63.2 Å². The van der Waals surface area contributed by atoms with E-state index >= 15 is 0 Å². The summed E-state index contributed by atoms with van der Waals surface area (Å²) in [6.07, 6.45) is 1.38. The average molecular weight is 350 g/mol. The Bertz CT molecular complexity index is 777. The number of aromatic hydroxyl groups is 1. The Hall–Kier alpha value is -3.13. The molecule has 0 saturated carbocycles. The molecule has 0 atom stereocenters. The monoisotopic (exact) mass is 349 g/mol. The summed E-state index contributed by atoms with van der Waals surface area (Å²) in [6.45, 7) is -0.449. The number of nitrogens with zero attached hydrogens (tertiary/aromatic N) is 2. The van der Waals surface area contributed by atoms with Gasteiger partial charge in [0.05, 0.1) is 11.1 Å². The normalized spacial score (nSPS) is 10.5. The lowest BCUT2D eigenvalue weighted by molar-refractivity contribution is -0.385. The van der Waals surface area contributed by atoms with Gasteiger partial charge in [0, 0.05) is 11.1 Å². The van der Waals surface area contributed by atoms with Gasteiger partial charge in [0.1, 0.15) is 5.75 Å². The van der Waals surface area contributed by atoms with Crippen molar-refractivity contribution in [2.45, 2.75) is 0 Å². The molecule has 9 heteroatoms. The van der Waals surface area contributed by atoms with Gasteiger partial charge in [-0.05, 0) is 42.0 Å². The molecule has 0 aliphatic rings. The summed E-state index contributed by atoms with van der Waals surface area (Å²) in [7, 11) is 0. The first kappa shape index (κ1) is 17.2. The molecule has 0 bridgehead atoms. The minimum atomic E-state index is -0.651. The van der Waals surface area contributed by atoms with Crippen LogP contribution in [0.3, 0.4) is 0 Å². The van der Waals surface area contributed by atoms with Gasteiger partial charge in [-0.2, -0.15) is 5.10 Å². The van der Waals surface area contributed by atoms with E-state index in [1.165, 1.54) is 30.5 Å². The van der Waals surface area contributed by atoms with Crippen LogP contribution < -0.4 is 10.2 Å². The number of halogens is 1. The lowest BCUT2D eigenvalue weighted by atomic mass is 10.2. The largest absolute Gasteiger partial charge is 0.508 e. The smallest absolute Gasteiger partial charge is 0.312 e. The molecule has 2 N–H and O–H groups in total. The van der Waals surface area contributed by atoms with Crippen LogP contribution in [0.1, 0.15) is 5.56 Å². The summed E-state index contributed by atoms with van der Waals surface area (Å²) in [5.41, 5.74) is 2.56. The summed E-state index contributed by atoms with van der Waals surface area (Å²) in [5, 5.41) is 23.9. The number of nitro benzene ring substituents is 1. The minimum absolute atomic E-state index is 0.0675. The van der Waals surface area contributed by atoms with Gasteiger partial charge < -0.3 is 9.84 Å². The van der Waals surface area contributed by atoms with Crippen LogP contribution >= 0.6 is 11.6 Å². The Morgan fingerprint density at radius 2 is 2.04 bits per heavy atom. The van der Waals surface area contributed by atoms with Gasteiger partial charge in [0.2, 0.25) is 0 Å². The number of phenolic OH excluding ortho intramolecular Hbond substituents is 1. The van der Waals surface area contributed by atoms with E-state index in [0.717, 1.165) is 6.07 Å². The first-order chi connectivity index (χ1) is 11.5. The highest BCUT2D eigenvalue weighted by Gasteiger charge is 2.16. The number of benzene rings is 2. The van der Waals surface area contributed by atoms with Gasteiger partial charge in [-0.1, -0.05) is 11.6 Å². The summed E-state index contributed by atoms with van der Waals surface area (Å²) >= 11 is 5.69. The van der Waals surface area contributed by atoms with E-state index in [4.69, 9.17) is 21.4 Å². The zero-order valence-corrected chi connectivity index (χ0v) is 12.9. The van der Waals surface area contributed by atoms with Crippen LogP contribution in [0.25, 0.3) is 0 Å². The molecule has 2 aromatic rings. The number of carbonyl (C=O) groups is 1. The van der Waals surface area contributed by atoms with Crippen LogP contribution in [0.5, 0.6) is 11.5 Å². The van der Waals surface area contributed by atoms with Gasteiger partial charge in [-0.15, -0.1) is 0 Å². The van der Waals surface area contributed by atoms with Crippen LogP contribution in [0, 0.1) is 10.1 Å². The summed E-state index contributed by atoms with van der Waals surface area (Å²) in [5.74, 6) is -0.537. The predicted molar refractivity (Wildman–Crippen MR) is 87.4 cm³/mol. The average Bonchev–Trinajstić information content (AvgIpc) is 2.55. The van der Waals surface area contributed by atoms with Gasteiger partial charge in [0.15, 0.2) is 12.4 Å². The van der Waals surface area contributed by atoms with E-state index < -0.39 is 17.4 Å². The summed E-state index contributed by atoms with van der Waals surface area (Å²) < 4.78 is 5.11. The third-order valence-corrected chi connectivity index (χ3v) is 3.01. The van der Waals surface area contributed by atoms with Gasteiger partial charge in [-0.3, -0.25) is 14.9 Å². The van der Waals surface area contributed by atoms with Crippen molar-refractivity contribution < 1.29 is 19.6 Å². The van der Waals surface area contributed by atoms with E-state index in [2.05, 4.69) is 10.5 Å². The third-order valence-electron chi connectivity index (χ3n) is 2.77. The van der Waals surface area contributed by atoms with E-state index in [9.17, 15) is 14.9 Å². The standard InChI is InChI=1S/C15H12ClN3O5/c16-11-3-6-14(13(7-11)19(22)23)24-9-15(21)18-17-8-10-1-4-12(20)5-2-10/h1-8,20H,9H2,(H,18,21)/b17-8-. The number of hydrogen-bond donors (Lipinski definition) is 2. The fraction of sp³-hybridized carbons (Fsp3) is 0.0667. The number of ether oxygens (including phenoxy) is 1. The Kier molecular flexibility index (Phi) is 5.69. The molecular weight excluding hydrogens is 338 g/mol. The number of hydrazone groups is 1. The van der Waals surface area contributed by atoms with E-state index in [0.29, 0.717) is 5.56 Å². The highest BCUT2D eigenvalue weighted by molar-refractivity contribution is 6.30. The molecule has 2 rings (SSSR count). The number of hydrogen-bond acceptors (Lipinski definition) is 6. The highest BCUT2D eigenvalue weighted by Crippen LogP contribution is 2.29. The molecular formula is C15H12ClN3O5. The molecule has 0 radical (unpaired) electrons. The molecule has 24 heavy (non-hydrogen) atoms. The van der Waals surface area contributed by atoms with Crippen molar-refractivity contribution in [3.63, 3.8) is 0 Å². The molecule has 0 aliphatic carbocycles. The first-order valence-corrected chi connectivity index (χ1v) is 7.01. The molecule has 0 unspecified atom stereocenters. The van der Waals surface area contributed by atoms with Gasteiger partial charge in [-0.25, -0.2) is 5.43 Å². The molecule has 0 spiro atoms. The van der Waals surface area contributed by atoms with Crippen LogP contribution in [0.4, 0.5) is 5.69 Å². The van der Waals surface area contributed by atoms with E-state index in [-0.39, 0.29) is 22.2 Å². The number of phenols is 1. The number of nitrogens with one attached hydrogen (secondary N) is 1. The molecule has 0 saturated heterocycles. The molecule has 2 aromatic carbocycles. The Morgan fingerprint density at radius 1 is 1.33 bits per heavy atom. The quantitative estimate of drug-likeness (QED) is 0.472. The molecule has 0 aromatic heterocycles. The molecule has 8 nitrogen and oxygen atoms in total. The number of amides is 1. The summed E-state index contributed by atoms with van der Waals surface area (Å²) in [6, 6.07) is 10.0. The van der Waals surface area contributed by atoms with E-state index in [1.807, 2.05) is 0 Å². The second kappa shape index (κ2) is 7.93. The topological polar surface area (TPSA) is 114 Å². The molecule has 0 fully saturated rings. The number of nitro groups is 1. The van der Waals surface area contributed by atoms with Crippen molar-refractivity contribution >= 4 is 29.4 Å². The van der Waals surface area contributed by atoms with Crippen LogP contribution in [-0.4, -0.2) is 28.8 Å². The lowest BCUT2D eigenvalue weighted by Crippen LogP contribution is -2.24.